The molecule has 2 heterocycles. The largest absolute Gasteiger partial charge is 0.455 e. The Hall–Kier alpha value is -6.77. The topological polar surface area (TPSA) is 26.0 Å². The Morgan fingerprint density at radius 1 is 0.373 bits per heavy atom. The van der Waals surface area contributed by atoms with Gasteiger partial charge in [0.1, 0.15) is 11.2 Å². The molecule has 0 aliphatic heterocycles. The van der Waals surface area contributed by atoms with Gasteiger partial charge in [0.15, 0.2) is 0 Å². The maximum atomic E-state index is 6.97. The lowest BCUT2D eigenvalue weighted by molar-refractivity contribution is 0.670. The van der Waals surface area contributed by atoms with Crippen molar-refractivity contribution in [3.63, 3.8) is 0 Å². The van der Waals surface area contributed by atoms with Crippen molar-refractivity contribution in [1.82, 2.24) is 4.98 Å². The van der Waals surface area contributed by atoms with Crippen LogP contribution in [0.2, 0.25) is 0 Å². The highest BCUT2D eigenvalue weighted by molar-refractivity contribution is 6.32. The third kappa shape index (κ3) is 4.08. The number of hydrogen-bond donors (Lipinski definition) is 0. The Kier molecular flexibility index (Phi) is 5.99. The molecular formula is C49H29NO. The average molecular weight is 648 g/mol. The first-order valence-electron chi connectivity index (χ1n) is 17.5. The lowest BCUT2D eigenvalue weighted by Gasteiger charge is -2.20. The monoisotopic (exact) mass is 647 g/mol. The fourth-order valence-electron chi connectivity index (χ4n) is 8.57. The molecule has 0 spiro atoms. The number of fused-ring (bicyclic) bond motifs is 10. The van der Waals surface area contributed by atoms with E-state index in [0.29, 0.717) is 0 Å². The second-order valence-electron chi connectivity index (χ2n) is 13.4. The van der Waals surface area contributed by atoms with E-state index in [-0.39, 0.29) is 0 Å². The van der Waals surface area contributed by atoms with E-state index in [4.69, 9.17) is 4.42 Å². The van der Waals surface area contributed by atoms with Gasteiger partial charge in [0, 0.05) is 39.9 Å². The van der Waals surface area contributed by atoms with Crippen molar-refractivity contribution in [3.8, 4) is 33.4 Å². The zero-order valence-corrected chi connectivity index (χ0v) is 27.6. The molecule has 2 heteroatoms. The minimum atomic E-state index is 0.909. The Morgan fingerprint density at radius 3 is 1.55 bits per heavy atom. The summed E-state index contributed by atoms with van der Waals surface area (Å²) in [6.07, 6.45) is 3.78. The molecule has 2 nitrogen and oxygen atoms in total. The van der Waals surface area contributed by atoms with E-state index in [2.05, 4.69) is 163 Å². The standard InChI is InChI=1S/C49H29NO/c1-3-15-34-30(12-1)23-26-44-47(34)48-35-16-4-2-13-31(35)28-43(49(48)51-44)46-40-21-9-7-19-38(40)45(39-20-8-10-22-41(39)46)42-25-24-33(32-14-11-27-50-29-32)36-17-5-6-18-37(36)42/h1-29H. The summed E-state index contributed by atoms with van der Waals surface area (Å²) >= 11 is 0. The summed E-state index contributed by atoms with van der Waals surface area (Å²) in [5.74, 6) is 0. The molecule has 9 aromatic carbocycles. The maximum absolute atomic E-state index is 6.97. The molecule has 0 aliphatic rings. The van der Waals surface area contributed by atoms with E-state index >= 15 is 0 Å². The number of hydrogen-bond acceptors (Lipinski definition) is 2. The Morgan fingerprint density at radius 2 is 0.902 bits per heavy atom. The number of aromatic nitrogens is 1. The first-order valence-corrected chi connectivity index (χ1v) is 17.5. The van der Waals surface area contributed by atoms with Crippen molar-refractivity contribution in [2.45, 2.75) is 0 Å². The lowest BCUT2D eigenvalue weighted by atomic mass is 9.83. The number of pyridine rings is 1. The van der Waals surface area contributed by atoms with E-state index < -0.39 is 0 Å². The van der Waals surface area contributed by atoms with Crippen LogP contribution in [0.4, 0.5) is 0 Å². The van der Waals surface area contributed by atoms with Gasteiger partial charge in [0.05, 0.1) is 0 Å². The molecule has 0 fully saturated rings. The van der Waals surface area contributed by atoms with Crippen LogP contribution in [0.1, 0.15) is 0 Å². The number of rotatable bonds is 3. The fraction of sp³-hybridized carbons (Fsp3) is 0. The molecule has 51 heavy (non-hydrogen) atoms. The van der Waals surface area contributed by atoms with Gasteiger partial charge in [-0.2, -0.15) is 0 Å². The predicted molar refractivity (Wildman–Crippen MR) is 215 cm³/mol. The molecule has 0 saturated carbocycles. The zero-order chi connectivity index (χ0) is 33.5. The molecule has 0 amide bonds. The molecule has 11 aromatic rings. The number of furan rings is 1. The quantitative estimate of drug-likeness (QED) is 0.178. The molecular weight excluding hydrogens is 619 g/mol. The summed E-state index contributed by atoms with van der Waals surface area (Å²) in [5.41, 5.74) is 8.90. The average Bonchev–Trinajstić information content (AvgIpc) is 3.61. The first kappa shape index (κ1) is 28.1. The lowest BCUT2D eigenvalue weighted by Crippen LogP contribution is -1.93. The smallest absolute Gasteiger partial charge is 0.143 e. The third-order valence-electron chi connectivity index (χ3n) is 10.7. The fourth-order valence-corrected chi connectivity index (χ4v) is 8.57. The summed E-state index contributed by atoms with van der Waals surface area (Å²) in [6.45, 7) is 0. The van der Waals surface area contributed by atoms with E-state index in [1.807, 2.05) is 18.5 Å². The van der Waals surface area contributed by atoms with Crippen molar-refractivity contribution in [2.75, 3.05) is 0 Å². The Labute approximate surface area is 293 Å². The summed E-state index contributed by atoms with van der Waals surface area (Å²) < 4.78 is 6.97. The molecule has 11 rings (SSSR count). The van der Waals surface area contributed by atoms with E-state index in [9.17, 15) is 0 Å². The molecule has 0 aliphatic carbocycles. The number of nitrogens with zero attached hydrogens (tertiary/aromatic N) is 1. The second kappa shape index (κ2) is 10.9. The van der Waals surface area contributed by atoms with Crippen LogP contribution in [0.15, 0.2) is 181 Å². The van der Waals surface area contributed by atoms with Crippen LogP contribution in [0.5, 0.6) is 0 Å². The van der Waals surface area contributed by atoms with Crippen molar-refractivity contribution < 1.29 is 4.42 Å². The van der Waals surface area contributed by atoms with Crippen molar-refractivity contribution in [1.29, 1.82) is 0 Å². The van der Waals surface area contributed by atoms with Gasteiger partial charge in [-0.15, -0.1) is 0 Å². The molecule has 0 radical (unpaired) electrons. The summed E-state index contributed by atoms with van der Waals surface area (Å²) in [6, 6.07) is 59.3. The molecule has 236 valence electrons. The number of benzene rings is 9. The van der Waals surface area contributed by atoms with Gasteiger partial charge >= 0.3 is 0 Å². The van der Waals surface area contributed by atoms with Crippen LogP contribution < -0.4 is 0 Å². The third-order valence-corrected chi connectivity index (χ3v) is 10.7. The molecule has 0 N–H and O–H groups in total. The van der Waals surface area contributed by atoms with Crippen LogP contribution in [0.25, 0.3) is 109 Å². The van der Waals surface area contributed by atoms with Gasteiger partial charge in [-0.3, -0.25) is 4.98 Å². The molecule has 0 bridgehead atoms. The van der Waals surface area contributed by atoms with Crippen molar-refractivity contribution in [3.05, 3.63) is 176 Å². The Bertz CT molecular complexity index is 3130. The minimum absolute atomic E-state index is 0.909. The Balaban J connectivity index is 1.29. The van der Waals surface area contributed by atoms with Crippen LogP contribution >= 0.6 is 0 Å². The van der Waals surface area contributed by atoms with E-state index in [0.717, 1.165) is 22.3 Å². The van der Waals surface area contributed by atoms with E-state index in [1.165, 1.54) is 86.9 Å². The van der Waals surface area contributed by atoms with Gasteiger partial charge in [-0.1, -0.05) is 146 Å². The summed E-state index contributed by atoms with van der Waals surface area (Å²) in [4.78, 5) is 4.43. The highest BCUT2D eigenvalue weighted by Gasteiger charge is 2.23. The van der Waals surface area contributed by atoms with Crippen molar-refractivity contribution in [2.24, 2.45) is 0 Å². The van der Waals surface area contributed by atoms with Gasteiger partial charge in [0.2, 0.25) is 0 Å². The second-order valence-corrected chi connectivity index (χ2v) is 13.4. The molecule has 0 saturated heterocycles. The minimum Gasteiger partial charge on any atom is -0.455 e. The molecule has 0 unspecified atom stereocenters. The van der Waals surface area contributed by atoms with Crippen molar-refractivity contribution >= 4 is 75.8 Å². The summed E-state index contributed by atoms with van der Waals surface area (Å²) in [5, 5.41) is 14.4. The van der Waals surface area contributed by atoms with Gasteiger partial charge < -0.3 is 4.42 Å². The first-order chi connectivity index (χ1) is 25.3. The summed E-state index contributed by atoms with van der Waals surface area (Å²) in [7, 11) is 0. The van der Waals surface area contributed by atoms with Crippen LogP contribution in [0.3, 0.4) is 0 Å². The normalized spacial score (nSPS) is 11.9. The maximum Gasteiger partial charge on any atom is 0.143 e. The predicted octanol–water partition coefficient (Wildman–Crippen LogP) is 13.7. The highest BCUT2D eigenvalue weighted by Crippen LogP contribution is 2.50. The van der Waals surface area contributed by atoms with Gasteiger partial charge in [-0.25, -0.2) is 0 Å². The van der Waals surface area contributed by atoms with Crippen LogP contribution in [0, 0.1) is 0 Å². The highest BCUT2D eigenvalue weighted by atomic mass is 16.3. The van der Waals surface area contributed by atoms with Crippen LogP contribution in [-0.4, -0.2) is 4.98 Å². The van der Waals surface area contributed by atoms with Gasteiger partial charge in [0.25, 0.3) is 0 Å². The van der Waals surface area contributed by atoms with Gasteiger partial charge in [-0.05, 0) is 88.8 Å². The van der Waals surface area contributed by atoms with E-state index in [1.54, 1.807) is 0 Å². The molecule has 0 atom stereocenters. The zero-order valence-electron chi connectivity index (χ0n) is 27.6. The SMILES string of the molecule is c1cncc(-c2ccc(-c3c4ccccc4c(-c4cc5ccccc5c5c4oc4ccc6ccccc6c45)c4ccccc34)c3ccccc23)c1. The molecule has 2 aromatic heterocycles. The van der Waals surface area contributed by atoms with Crippen LogP contribution in [-0.2, 0) is 0 Å².